The van der Waals surface area contributed by atoms with Crippen molar-refractivity contribution in [1.29, 1.82) is 0 Å². The number of ether oxygens (including phenoxy) is 1. The molecule has 22 heavy (non-hydrogen) atoms. The number of rotatable bonds is 5. The van der Waals surface area contributed by atoms with Crippen LogP contribution in [0.4, 0.5) is 5.82 Å². The van der Waals surface area contributed by atoms with Gasteiger partial charge >= 0.3 is 5.97 Å². The summed E-state index contributed by atoms with van der Waals surface area (Å²) in [4.78, 5) is 20.8. The molecule has 0 aliphatic rings. The molecule has 2 heterocycles. The van der Waals surface area contributed by atoms with Gasteiger partial charge in [-0.3, -0.25) is 4.98 Å². The predicted molar refractivity (Wildman–Crippen MR) is 82.4 cm³/mol. The highest BCUT2D eigenvalue weighted by Gasteiger charge is 2.26. The molecule has 2 rings (SSSR count). The summed E-state index contributed by atoms with van der Waals surface area (Å²) < 4.78 is 10.8. The summed E-state index contributed by atoms with van der Waals surface area (Å²) in [6, 6.07) is 3.01. The number of aromatic nitrogens is 2. The van der Waals surface area contributed by atoms with Crippen molar-refractivity contribution in [1.82, 2.24) is 9.97 Å². The molecule has 2 aromatic heterocycles. The van der Waals surface area contributed by atoms with Crippen molar-refractivity contribution < 1.29 is 13.9 Å². The normalized spacial score (nSPS) is 12.7. The first-order valence-electron chi connectivity index (χ1n) is 7.14. The SMILES string of the molecule is Cc1cnc(NC(Cc2ccco2)C(=O)OC(C)(C)C)cn1. The molecule has 6 nitrogen and oxygen atoms in total. The van der Waals surface area contributed by atoms with Crippen LogP contribution in [-0.4, -0.2) is 27.6 Å². The Kier molecular flexibility index (Phi) is 4.80. The van der Waals surface area contributed by atoms with Crippen LogP contribution in [0.2, 0.25) is 0 Å². The summed E-state index contributed by atoms with van der Waals surface area (Å²) in [5, 5.41) is 3.06. The van der Waals surface area contributed by atoms with Crippen LogP contribution in [0, 0.1) is 6.92 Å². The first-order valence-corrected chi connectivity index (χ1v) is 7.14. The fraction of sp³-hybridized carbons (Fsp3) is 0.438. The largest absolute Gasteiger partial charge is 0.469 e. The minimum absolute atomic E-state index is 0.355. The van der Waals surface area contributed by atoms with E-state index < -0.39 is 11.6 Å². The van der Waals surface area contributed by atoms with Gasteiger partial charge in [0.25, 0.3) is 0 Å². The first kappa shape index (κ1) is 16.0. The fourth-order valence-electron chi connectivity index (χ4n) is 1.84. The lowest BCUT2D eigenvalue weighted by Crippen LogP contribution is -2.38. The van der Waals surface area contributed by atoms with E-state index in [-0.39, 0.29) is 5.97 Å². The molecule has 0 aromatic carbocycles. The van der Waals surface area contributed by atoms with E-state index in [2.05, 4.69) is 15.3 Å². The molecule has 0 aliphatic heterocycles. The van der Waals surface area contributed by atoms with Gasteiger partial charge < -0.3 is 14.5 Å². The van der Waals surface area contributed by atoms with Gasteiger partial charge in [-0.05, 0) is 39.8 Å². The summed E-state index contributed by atoms with van der Waals surface area (Å²) in [6.45, 7) is 7.35. The van der Waals surface area contributed by atoms with Gasteiger partial charge in [0.15, 0.2) is 0 Å². The Balaban J connectivity index is 2.13. The second-order valence-corrected chi connectivity index (χ2v) is 6.06. The summed E-state index contributed by atoms with van der Waals surface area (Å²) in [5.41, 5.74) is 0.254. The van der Waals surface area contributed by atoms with Crippen LogP contribution in [0.25, 0.3) is 0 Å². The van der Waals surface area contributed by atoms with Gasteiger partial charge in [0.05, 0.1) is 24.4 Å². The molecule has 0 radical (unpaired) electrons. The summed E-state index contributed by atoms with van der Waals surface area (Å²) >= 11 is 0. The second-order valence-electron chi connectivity index (χ2n) is 6.06. The van der Waals surface area contributed by atoms with Gasteiger partial charge in [-0.1, -0.05) is 0 Å². The van der Waals surface area contributed by atoms with Crippen LogP contribution < -0.4 is 5.32 Å². The Labute approximate surface area is 129 Å². The molecular formula is C16H21N3O3. The topological polar surface area (TPSA) is 77.2 Å². The van der Waals surface area contributed by atoms with Crippen LogP contribution in [0.15, 0.2) is 35.2 Å². The second kappa shape index (κ2) is 6.60. The smallest absolute Gasteiger partial charge is 0.329 e. The monoisotopic (exact) mass is 303 g/mol. The number of aryl methyl sites for hydroxylation is 1. The Morgan fingerprint density at radius 2 is 2.14 bits per heavy atom. The number of nitrogens with one attached hydrogen (secondary N) is 1. The van der Waals surface area contributed by atoms with Crippen LogP contribution in [-0.2, 0) is 16.0 Å². The Morgan fingerprint density at radius 1 is 1.36 bits per heavy atom. The number of hydrogen-bond acceptors (Lipinski definition) is 6. The van der Waals surface area contributed by atoms with E-state index in [1.165, 1.54) is 0 Å². The fourth-order valence-corrected chi connectivity index (χ4v) is 1.84. The van der Waals surface area contributed by atoms with Crippen LogP contribution in [0.3, 0.4) is 0 Å². The minimum Gasteiger partial charge on any atom is -0.469 e. The highest BCUT2D eigenvalue weighted by molar-refractivity contribution is 5.79. The summed E-state index contributed by atoms with van der Waals surface area (Å²) in [7, 11) is 0. The van der Waals surface area contributed by atoms with Crippen molar-refractivity contribution >= 4 is 11.8 Å². The third-order valence-corrected chi connectivity index (χ3v) is 2.78. The summed E-state index contributed by atoms with van der Waals surface area (Å²) in [5.74, 6) is 0.864. The first-order chi connectivity index (χ1) is 10.3. The number of carbonyl (C=O) groups is 1. The van der Waals surface area contributed by atoms with Crippen molar-refractivity contribution in [2.75, 3.05) is 5.32 Å². The lowest BCUT2D eigenvalue weighted by atomic mass is 10.1. The van der Waals surface area contributed by atoms with Gasteiger partial charge in [0.1, 0.15) is 23.2 Å². The summed E-state index contributed by atoms with van der Waals surface area (Å²) in [6.07, 6.45) is 5.18. The van der Waals surface area contributed by atoms with E-state index >= 15 is 0 Å². The van der Waals surface area contributed by atoms with Gasteiger partial charge in [-0.15, -0.1) is 0 Å². The molecule has 1 atom stereocenters. The molecule has 0 fully saturated rings. The van der Waals surface area contributed by atoms with Crippen molar-refractivity contribution in [2.45, 2.75) is 45.8 Å². The lowest BCUT2D eigenvalue weighted by Gasteiger charge is -2.24. The molecule has 0 aliphatic carbocycles. The molecule has 6 heteroatoms. The molecule has 0 saturated carbocycles. The van der Waals surface area contributed by atoms with E-state index in [0.717, 1.165) is 5.69 Å². The number of hydrogen-bond donors (Lipinski definition) is 1. The third-order valence-electron chi connectivity index (χ3n) is 2.78. The Hall–Kier alpha value is -2.37. The van der Waals surface area contributed by atoms with E-state index in [4.69, 9.17) is 9.15 Å². The number of furan rings is 1. The zero-order chi connectivity index (χ0) is 16.2. The highest BCUT2D eigenvalue weighted by atomic mass is 16.6. The van der Waals surface area contributed by atoms with E-state index in [9.17, 15) is 4.79 Å². The van der Waals surface area contributed by atoms with Gasteiger partial charge in [0, 0.05) is 6.42 Å². The van der Waals surface area contributed by atoms with Crippen LogP contribution >= 0.6 is 0 Å². The quantitative estimate of drug-likeness (QED) is 0.856. The molecule has 2 aromatic rings. The average molecular weight is 303 g/mol. The van der Waals surface area contributed by atoms with Crippen LogP contribution in [0.5, 0.6) is 0 Å². The van der Waals surface area contributed by atoms with E-state index in [1.807, 2.05) is 33.8 Å². The van der Waals surface area contributed by atoms with Crippen LogP contribution in [0.1, 0.15) is 32.2 Å². The highest BCUT2D eigenvalue weighted by Crippen LogP contribution is 2.14. The minimum atomic E-state index is -0.595. The number of carbonyl (C=O) groups excluding carboxylic acids is 1. The third kappa shape index (κ3) is 4.87. The zero-order valence-electron chi connectivity index (χ0n) is 13.3. The predicted octanol–water partition coefficient (Wildman–Crippen LogP) is 2.74. The van der Waals surface area contributed by atoms with Gasteiger partial charge in [-0.25, -0.2) is 9.78 Å². The maximum atomic E-state index is 12.4. The Bertz CT molecular complexity index is 601. The lowest BCUT2D eigenvalue weighted by molar-refractivity contribution is -0.155. The van der Waals surface area contributed by atoms with Crippen molar-refractivity contribution in [2.24, 2.45) is 0 Å². The van der Waals surface area contributed by atoms with Crippen molar-refractivity contribution in [3.63, 3.8) is 0 Å². The van der Waals surface area contributed by atoms with E-state index in [1.54, 1.807) is 24.7 Å². The van der Waals surface area contributed by atoms with E-state index in [0.29, 0.717) is 18.0 Å². The maximum absolute atomic E-state index is 12.4. The number of esters is 1. The molecule has 0 amide bonds. The molecule has 0 spiro atoms. The molecule has 1 unspecified atom stereocenters. The number of anilines is 1. The molecule has 0 saturated heterocycles. The van der Waals surface area contributed by atoms with Gasteiger partial charge in [0.2, 0.25) is 0 Å². The molecule has 1 N–H and O–H groups in total. The van der Waals surface area contributed by atoms with Crippen molar-refractivity contribution in [3.8, 4) is 0 Å². The van der Waals surface area contributed by atoms with Crippen molar-refractivity contribution in [3.05, 3.63) is 42.2 Å². The molecular weight excluding hydrogens is 282 g/mol. The Morgan fingerprint density at radius 3 is 2.68 bits per heavy atom. The maximum Gasteiger partial charge on any atom is 0.329 e. The molecule has 118 valence electrons. The average Bonchev–Trinajstić information content (AvgIpc) is 2.91. The number of nitrogens with zero attached hydrogens (tertiary/aromatic N) is 2. The van der Waals surface area contributed by atoms with Gasteiger partial charge in [-0.2, -0.15) is 0 Å². The molecule has 0 bridgehead atoms. The standard InChI is InChI=1S/C16H21N3O3/c1-11-9-18-14(10-17-11)19-13(8-12-6-5-7-21-12)15(20)22-16(2,3)4/h5-7,9-10,13H,8H2,1-4H3,(H,18,19). The zero-order valence-corrected chi connectivity index (χ0v) is 13.3.